The molecule has 1 heteroatoms. The highest BCUT2D eigenvalue weighted by Gasteiger charge is 2.15. The van der Waals surface area contributed by atoms with E-state index in [0.29, 0.717) is 5.92 Å². The van der Waals surface area contributed by atoms with E-state index in [4.69, 9.17) is 0 Å². The van der Waals surface area contributed by atoms with Crippen LogP contribution in [0.4, 0.5) is 0 Å². The molecule has 0 rings (SSSR count). The Balaban J connectivity index is 3.86. The van der Waals surface area contributed by atoms with Gasteiger partial charge in [0, 0.05) is 0 Å². The quantitative estimate of drug-likeness (QED) is 0.600. The molecule has 0 saturated heterocycles. The molecule has 1 unspecified atom stereocenters. The first-order valence-corrected chi connectivity index (χ1v) is 5.55. The Labute approximate surface area is 82.9 Å². The molecule has 0 aromatic carbocycles. The summed E-state index contributed by atoms with van der Waals surface area (Å²) in [6, 6.07) is 0. The van der Waals surface area contributed by atoms with Crippen molar-refractivity contribution >= 4 is 0 Å². The van der Waals surface area contributed by atoms with Crippen molar-refractivity contribution in [1.82, 2.24) is 0 Å². The summed E-state index contributed by atoms with van der Waals surface area (Å²) < 4.78 is 0. The van der Waals surface area contributed by atoms with E-state index in [-0.39, 0.29) is 6.10 Å². The Morgan fingerprint density at radius 3 is 2.08 bits per heavy atom. The van der Waals surface area contributed by atoms with E-state index in [1.165, 1.54) is 12.8 Å². The summed E-state index contributed by atoms with van der Waals surface area (Å²) in [4.78, 5) is 0. The molecule has 0 fully saturated rings. The number of allylic oxidation sites excluding steroid dienone is 1. The van der Waals surface area contributed by atoms with Crippen LogP contribution in [0.15, 0.2) is 12.2 Å². The average molecular weight is 184 g/mol. The number of hydrogen-bond acceptors (Lipinski definition) is 1. The summed E-state index contributed by atoms with van der Waals surface area (Å²) in [7, 11) is 0. The second kappa shape index (κ2) is 8.31. The lowest BCUT2D eigenvalue weighted by Crippen LogP contribution is -2.19. The molecule has 1 atom stereocenters. The minimum atomic E-state index is -0.129. The largest absolute Gasteiger partial charge is 0.393 e. The first-order chi connectivity index (χ1) is 6.26. The third kappa shape index (κ3) is 5.87. The molecular formula is C12H24O. The molecule has 0 amide bonds. The van der Waals surface area contributed by atoms with Gasteiger partial charge in [-0.15, -0.1) is 0 Å². The fourth-order valence-corrected chi connectivity index (χ4v) is 1.74. The van der Waals surface area contributed by atoms with Crippen LogP contribution in [0.2, 0.25) is 0 Å². The highest BCUT2D eigenvalue weighted by Crippen LogP contribution is 2.20. The van der Waals surface area contributed by atoms with Crippen LogP contribution in [0.1, 0.15) is 52.9 Å². The fourth-order valence-electron chi connectivity index (χ4n) is 1.74. The van der Waals surface area contributed by atoms with Gasteiger partial charge in [0.1, 0.15) is 0 Å². The van der Waals surface area contributed by atoms with E-state index in [1.807, 2.05) is 13.0 Å². The smallest absolute Gasteiger partial charge is 0.0602 e. The van der Waals surface area contributed by atoms with Gasteiger partial charge in [0.25, 0.3) is 0 Å². The second-order valence-corrected chi connectivity index (χ2v) is 3.71. The van der Waals surface area contributed by atoms with E-state index in [1.54, 1.807) is 0 Å². The first kappa shape index (κ1) is 12.7. The number of aliphatic hydroxyl groups is 1. The minimum absolute atomic E-state index is 0.129. The van der Waals surface area contributed by atoms with Gasteiger partial charge in [-0.2, -0.15) is 0 Å². The van der Waals surface area contributed by atoms with Crippen LogP contribution in [0.3, 0.4) is 0 Å². The average Bonchev–Trinajstić information content (AvgIpc) is 2.14. The van der Waals surface area contributed by atoms with E-state index in [0.717, 1.165) is 19.3 Å². The van der Waals surface area contributed by atoms with Gasteiger partial charge in [-0.05, 0) is 32.1 Å². The van der Waals surface area contributed by atoms with Crippen LogP contribution in [0, 0.1) is 5.92 Å². The normalized spacial score (nSPS) is 14.2. The molecule has 0 aliphatic heterocycles. The summed E-state index contributed by atoms with van der Waals surface area (Å²) in [5, 5.41) is 9.85. The lowest BCUT2D eigenvalue weighted by atomic mass is 9.90. The van der Waals surface area contributed by atoms with Gasteiger partial charge in [0.05, 0.1) is 6.10 Å². The van der Waals surface area contributed by atoms with Crippen LogP contribution in [0.25, 0.3) is 0 Å². The Morgan fingerprint density at radius 2 is 1.69 bits per heavy atom. The van der Waals surface area contributed by atoms with Gasteiger partial charge in [-0.1, -0.05) is 38.8 Å². The zero-order valence-corrected chi connectivity index (χ0v) is 9.29. The zero-order chi connectivity index (χ0) is 10.1. The van der Waals surface area contributed by atoms with Crippen molar-refractivity contribution in [3.8, 4) is 0 Å². The van der Waals surface area contributed by atoms with Crippen molar-refractivity contribution < 1.29 is 5.11 Å². The Kier molecular flexibility index (Phi) is 8.11. The van der Waals surface area contributed by atoms with Gasteiger partial charge < -0.3 is 5.11 Å². The zero-order valence-electron chi connectivity index (χ0n) is 9.29. The molecule has 0 radical (unpaired) electrons. The maximum Gasteiger partial charge on any atom is 0.0602 e. The van der Waals surface area contributed by atoms with Crippen molar-refractivity contribution in [2.45, 2.75) is 59.0 Å². The van der Waals surface area contributed by atoms with Gasteiger partial charge >= 0.3 is 0 Å². The van der Waals surface area contributed by atoms with E-state index < -0.39 is 0 Å². The standard InChI is InChI=1S/C12H24O/c1-4-7-10-12(13)11(8-5-2)9-6-3/h4,7,11-13H,5-6,8-10H2,1-3H3/b7-4+. The lowest BCUT2D eigenvalue weighted by Gasteiger charge is -2.20. The van der Waals surface area contributed by atoms with E-state index in [2.05, 4.69) is 19.9 Å². The summed E-state index contributed by atoms with van der Waals surface area (Å²) in [6.07, 6.45) is 9.44. The predicted octanol–water partition coefficient (Wildman–Crippen LogP) is 3.53. The molecule has 0 heterocycles. The third-order valence-corrected chi connectivity index (χ3v) is 2.48. The van der Waals surface area contributed by atoms with Crippen molar-refractivity contribution in [1.29, 1.82) is 0 Å². The van der Waals surface area contributed by atoms with Crippen LogP contribution in [-0.2, 0) is 0 Å². The van der Waals surface area contributed by atoms with E-state index in [9.17, 15) is 5.11 Å². The predicted molar refractivity (Wildman–Crippen MR) is 58.7 cm³/mol. The summed E-state index contributed by atoms with van der Waals surface area (Å²) in [5.41, 5.74) is 0. The topological polar surface area (TPSA) is 20.2 Å². The highest BCUT2D eigenvalue weighted by atomic mass is 16.3. The molecule has 0 aliphatic rings. The maximum absolute atomic E-state index is 9.85. The fraction of sp³-hybridized carbons (Fsp3) is 0.833. The summed E-state index contributed by atoms with van der Waals surface area (Å²) in [6.45, 7) is 6.37. The van der Waals surface area contributed by atoms with Crippen molar-refractivity contribution in [2.75, 3.05) is 0 Å². The third-order valence-electron chi connectivity index (χ3n) is 2.48. The molecule has 0 saturated carbocycles. The number of aliphatic hydroxyl groups excluding tert-OH is 1. The molecule has 0 aliphatic carbocycles. The Bertz CT molecular complexity index is 123. The monoisotopic (exact) mass is 184 g/mol. The highest BCUT2D eigenvalue weighted by molar-refractivity contribution is 4.82. The first-order valence-electron chi connectivity index (χ1n) is 5.55. The van der Waals surface area contributed by atoms with E-state index >= 15 is 0 Å². The van der Waals surface area contributed by atoms with Crippen LogP contribution >= 0.6 is 0 Å². The molecule has 0 spiro atoms. The Morgan fingerprint density at radius 1 is 1.15 bits per heavy atom. The van der Waals surface area contributed by atoms with Crippen molar-refractivity contribution in [2.24, 2.45) is 5.92 Å². The van der Waals surface area contributed by atoms with Crippen LogP contribution in [-0.4, -0.2) is 11.2 Å². The van der Waals surface area contributed by atoms with Crippen LogP contribution < -0.4 is 0 Å². The molecule has 1 nitrogen and oxygen atoms in total. The van der Waals surface area contributed by atoms with Gasteiger partial charge in [-0.25, -0.2) is 0 Å². The summed E-state index contributed by atoms with van der Waals surface area (Å²) in [5.74, 6) is 0.506. The molecule has 1 N–H and O–H groups in total. The Hall–Kier alpha value is -0.300. The van der Waals surface area contributed by atoms with Gasteiger partial charge in [0.2, 0.25) is 0 Å². The molecule has 13 heavy (non-hydrogen) atoms. The van der Waals surface area contributed by atoms with Gasteiger partial charge in [-0.3, -0.25) is 0 Å². The molecule has 78 valence electrons. The summed E-state index contributed by atoms with van der Waals surface area (Å²) >= 11 is 0. The van der Waals surface area contributed by atoms with Crippen LogP contribution in [0.5, 0.6) is 0 Å². The lowest BCUT2D eigenvalue weighted by molar-refractivity contribution is 0.0987. The molecule has 0 bridgehead atoms. The SMILES string of the molecule is C/C=C/CC(O)C(CCC)CCC. The maximum atomic E-state index is 9.85. The number of rotatable bonds is 7. The molecule has 0 aromatic heterocycles. The second-order valence-electron chi connectivity index (χ2n) is 3.71. The van der Waals surface area contributed by atoms with Crippen molar-refractivity contribution in [3.05, 3.63) is 12.2 Å². The van der Waals surface area contributed by atoms with Gasteiger partial charge in [0.15, 0.2) is 0 Å². The number of hydrogen-bond donors (Lipinski definition) is 1. The molecular weight excluding hydrogens is 160 g/mol. The molecule has 0 aromatic rings. The minimum Gasteiger partial charge on any atom is -0.393 e. The van der Waals surface area contributed by atoms with Crippen molar-refractivity contribution in [3.63, 3.8) is 0 Å².